The maximum absolute atomic E-state index is 12.8. The second kappa shape index (κ2) is 69.7. The predicted molar refractivity (Wildman–Crippen MR) is 388 cm³/mol. The third-order valence-corrected chi connectivity index (χ3v) is 16.9. The summed E-state index contributed by atoms with van der Waals surface area (Å²) in [5.74, 6) is -0.900. The van der Waals surface area contributed by atoms with Crippen LogP contribution in [0.1, 0.15) is 322 Å². The van der Waals surface area contributed by atoms with Gasteiger partial charge in [-0.05, 0) is 103 Å². The zero-order valence-electron chi connectivity index (χ0n) is 59.1. The lowest BCUT2D eigenvalue weighted by molar-refractivity contribution is -0.870. The van der Waals surface area contributed by atoms with E-state index >= 15 is 0 Å². The fourth-order valence-electron chi connectivity index (χ4n) is 10.3. The first kappa shape index (κ1) is 86.4. The molecule has 0 aliphatic carbocycles. The van der Waals surface area contributed by atoms with Crippen molar-refractivity contribution >= 4 is 19.8 Å². The average Bonchev–Trinajstić information content (AvgIpc) is 3.58. The molecule has 9 nitrogen and oxygen atoms in total. The van der Waals surface area contributed by atoms with Crippen LogP contribution >= 0.6 is 7.82 Å². The van der Waals surface area contributed by atoms with E-state index in [4.69, 9.17) is 18.5 Å². The first-order chi connectivity index (χ1) is 44.0. The van der Waals surface area contributed by atoms with Crippen LogP contribution in [0.5, 0.6) is 0 Å². The number of phosphoric acid groups is 1. The summed E-state index contributed by atoms with van der Waals surface area (Å²) in [5.41, 5.74) is 0. The zero-order valence-corrected chi connectivity index (χ0v) is 59.9. The van der Waals surface area contributed by atoms with Crippen LogP contribution in [0.25, 0.3) is 0 Å². The third-order valence-electron chi connectivity index (χ3n) is 16.0. The number of quaternary nitrogens is 1. The lowest BCUT2D eigenvalue weighted by Crippen LogP contribution is -2.37. The minimum absolute atomic E-state index is 0.0468. The van der Waals surface area contributed by atoms with Gasteiger partial charge in [0, 0.05) is 12.8 Å². The van der Waals surface area contributed by atoms with Gasteiger partial charge >= 0.3 is 11.9 Å². The molecule has 0 spiro atoms. The van der Waals surface area contributed by atoms with Crippen LogP contribution in [0.4, 0.5) is 0 Å². The molecular formula is C80H140NO8P. The van der Waals surface area contributed by atoms with Crippen LogP contribution < -0.4 is 4.89 Å². The normalized spacial score (nSPS) is 13.8. The second-order valence-corrected chi connectivity index (χ2v) is 27.3. The highest BCUT2D eigenvalue weighted by Crippen LogP contribution is 2.38. The topological polar surface area (TPSA) is 111 Å². The fraction of sp³-hybridized carbons (Fsp3) is 0.725. The summed E-state index contributed by atoms with van der Waals surface area (Å²) in [7, 11) is 1.12. The van der Waals surface area contributed by atoms with Crippen LogP contribution in [0.3, 0.4) is 0 Å². The van der Waals surface area contributed by atoms with Crippen LogP contribution in [0, 0.1) is 0 Å². The largest absolute Gasteiger partial charge is 0.756 e. The molecule has 0 saturated carbocycles. The van der Waals surface area contributed by atoms with E-state index in [-0.39, 0.29) is 26.1 Å². The zero-order chi connectivity index (χ0) is 65.5. The first-order valence-electron chi connectivity index (χ1n) is 37.2. The van der Waals surface area contributed by atoms with Crippen molar-refractivity contribution in [1.29, 1.82) is 0 Å². The van der Waals surface area contributed by atoms with E-state index in [1.807, 2.05) is 27.2 Å². The Balaban J connectivity index is 4.06. The number of rotatable bonds is 68. The van der Waals surface area contributed by atoms with E-state index in [0.29, 0.717) is 23.9 Å². The van der Waals surface area contributed by atoms with E-state index in [9.17, 15) is 19.0 Å². The summed E-state index contributed by atoms with van der Waals surface area (Å²) < 4.78 is 34.2. The Bertz CT molecular complexity index is 1940. The van der Waals surface area contributed by atoms with Gasteiger partial charge in [-0.3, -0.25) is 14.2 Å². The molecule has 0 heterocycles. The summed E-state index contributed by atoms with van der Waals surface area (Å²) in [6.07, 6.45) is 100. The number of hydrogen-bond acceptors (Lipinski definition) is 8. The maximum atomic E-state index is 12.8. The van der Waals surface area contributed by atoms with Crippen molar-refractivity contribution in [2.75, 3.05) is 47.5 Å². The first-order valence-corrected chi connectivity index (χ1v) is 38.7. The third kappa shape index (κ3) is 73.5. The van der Waals surface area contributed by atoms with E-state index in [1.54, 1.807) is 0 Å². The number of hydrogen-bond donors (Lipinski definition) is 0. The Kier molecular flexibility index (Phi) is 67.0. The molecule has 0 aromatic carbocycles. The Labute approximate surface area is 556 Å². The number of allylic oxidation sites excluding steroid dienone is 20. The highest BCUT2D eigenvalue weighted by atomic mass is 31.2. The lowest BCUT2D eigenvalue weighted by atomic mass is 10.0. The molecule has 0 aliphatic rings. The molecule has 0 aromatic heterocycles. The van der Waals surface area contributed by atoms with Crippen LogP contribution in [0.2, 0.25) is 0 Å². The van der Waals surface area contributed by atoms with Gasteiger partial charge in [-0.15, -0.1) is 0 Å². The van der Waals surface area contributed by atoms with Crippen molar-refractivity contribution in [3.05, 3.63) is 122 Å². The fourth-order valence-corrected chi connectivity index (χ4v) is 11.0. The summed E-state index contributed by atoms with van der Waals surface area (Å²) in [4.78, 5) is 38.1. The molecular weight excluding hydrogens is 1130 g/mol. The van der Waals surface area contributed by atoms with E-state index in [1.165, 1.54) is 205 Å². The summed E-state index contributed by atoms with van der Waals surface area (Å²) >= 11 is 0. The van der Waals surface area contributed by atoms with Gasteiger partial charge in [0.25, 0.3) is 7.82 Å². The van der Waals surface area contributed by atoms with Crippen molar-refractivity contribution in [2.24, 2.45) is 0 Å². The summed E-state index contributed by atoms with van der Waals surface area (Å²) in [6.45, 7) is 4.08. The van der Waals surface area contributed by atoms with Crippen LogP contribution in [-0.2, 0) is 32.7 Å². The average molecular weight is 1270 g/mol. The number of likely N-dealkylation sites (N-methyl/N-ethyl adjacent to an activating group) is 1. The molecule has 0 rings (SSSR count). The predicted octanol–water partition coefficient (Wildman–Crippen LogP) is 24.0. The number of carbonyl (C=O) groups is 2. The van der Waals surface area contributed by atoms with Crippen molar-refractivity contribution in [3.63, 3.8) is 0 Å². The van der Waals surface area contributed by atoms with Crippen molar-refractivity contribution < 1.29 is 42.1 Å². The molecule has 2 unspecified atom stereocenters. The minimum atomic E-state index is -4.67. The van der Waals surface area contributed by atoms with Gasteiger partial charge in [-0.25, -0.2) is 0 Å². The molecule has 0 N–H and O–H groups in total. The molecule has 518 valence electrons. The van der Waals surface area contributed by atoms with Gasteiger partial charge < -0.3 is 27.9 Å². The Hall–Kier alpha value is -3.59. The highest BCUT2D eigenvalue weighted by Gasteiger charge is 2.22. The molecule has 0 aliphatic heterocycles. The SMILES string of the molecule is CC/C=C\C/C=C\C/C=C\C/C=C\C/C=C\C/C=C\C/C=C\C/C=C\C/C=C\CCCC(=O)OC(COC(=O)CCCCCCCCCCCCCCCCCCCCCCCCCCC/C=C\CCCCCCCCCC)COP(=O)([O-])OCC[N+](C)(C)C. The van der Waals surface area contributed by atoms with Gasteiger partial charge in [0.1, 0.15) is 19.8 Å². The smallest absolute Gasteiger partial charge is 0.306 e. The van der Waals surface area contributed by atoms with E-state index in [0.717, 1.165) is 77.0 Å². The molecule has 90 heavy (non-hydrogen) atoms. The molecule has 0 saturated heterocycles. The second-order valence-electron chi connectivity index (χ2n) is 25.9. The molecule has 0 aromatic rings. The molecule has 10 heteroatoms. The van der Waals surface area contributed by atoms with E-state index < -0.39 is 32.5 Å². The lowest BCUT2D eigenvalue weighted by Gasteiger charge is -2.28. The highest BCUT2D eigenvalue weighted by molar-refractivity contribution is 7.45. The van der Waals surface area contributed by atoms with Gasteiger partial charge in [0.15, 0.2) is 6.10 Å². The van der Waals surface area contributed by atoms with Gasteiger partial charge in [-0.2, -0.15) is 0 Å². The Morgan fingerprint density at radius 3 is 0.989 bits per heavy atom. The molecule has 0 bridgehead atoms. The van der Waals surface area contributed by atoms with E-state index in [2.05, 4.69) is 129 Å². The number of esters is 2. The van der Waals surface area contributed by atoms with Crippen molar-refractivity contribution in [3.8, 4) is 0 Å². The molecule has 2 atom stereocenters. The number of unbranched alkanes of at least 4 members (excludes halogenated alkanes) is 34. The monoisotopic (exact) mass is 1270 g/mol. The Morgan fingerprint density at radius 1 is 0.356 bits per heavy atom. The van der Waals surface area contributed by atoms with Gasteiger partial charge in [-0.1, -0.05) is 328 Å². The summed E-state index contributed by atoms with van der Waals surface area (Å²) in [6, 6.07) is 0. The number of phosphoric ester groups is 1. The van der Waals surface area contributed by atoms with Gasteiger partial charge in [0.2, 0.25) is 0 Å². The minimum Gasteiger partial charge on any atom is -0.756 e. The Morgan fingerprint density at radius 2 is 0.644 bits per heavy atom. The molecule has 0 fully saturated rings. The van der Waals surface area contributed by atoms with Crippen LogP contribution in [0.15, 0.2) is 122 Å². The number of ether oxygens (including phenoxy) is 2. The van der Waals surface area contributed by atoms with Crippen molar-refractivity contribution in [1.82, 2.24) is 0 Å². The van der Waals surface area contributed by atoms with Crippen molar-refractivity contribution in [2.45, 2.75) is 328 Å². The van der Waals surface area contributed by atoms with Crippen LogP contribution in [-0.4, -0.2) is 70.0 Å². The maximum Gasteiger partial charge on any atom is 0.306 e. The molecule has 0 amide bonds. The quantitative estimate of drug-likeness (QED) is 0.0195. The summed E-state index contributed by atoms with van der Waals surface area (Å²) in [5, 5.41) is 0. The standard InChI is InChI=1S/C80H140NO8P/c1-6-8-10-12-14-16-18-20-22-24-26-28-30-32-34-36-37-38-39-40-41-42-43-45-46-48-50-52-54-56-58-60-62-64-66-68-70-72-79(82)86-76-78(77-88-90(84,85)87-75-74-81(3,4)5)89-80(83)73-71-69-67-65-63-61-59-57-55-53-51-49-47-44-35-33-31-29-27-25-23-21-19-17-15-13-11-9-7-2/h9,11,15,17,21,23-24,26-27,29,33,35,47,49,53,55,59,61,65,67,78H,6-8,10,12-14,16,18-20,22,25,28,30-32,34,36-46,48,50-52,54,56-58,60,62-64,66,68-77H2,1-5H3/b11-9-,17-15-,23-21-,26-24-,29-27-,35-33-,49-47-,55-53-,61-59-,67-65-. The number of nitrogens with zero attached hydrogens (tertiary/aromatic N) is 1. The molecule has 0 radical (unpaired) electrons. The number of carbonyl (C=O) groups excluding carboxylic acids is 2. The van der Waals surface area contributed by atoms with Gasteiger partial charge in [0.05, 0.1) is 27.7 Å².